The molecule has 8 nitrogen and oxygen atoms in total. The minimum absolute atomic E-state index is 0.209. The van der Waals surface area contributed by atoms with Crippen molar-refractivity contribution in [2.75, 3.05) is 11.0 Å². The number of hydrogen-bond donors (Lipinski definition) is 1. The van der Waals surface area contributed by atoms with Gasteiger partial charge < -0.3 is 0 Å². The number of para-hydroxylation sites is 2. The van der Waals surface area contributed by atoms with E-state index in [2.05, 4.69) is 19.8 Å². The topological polar surface area (TPSA) is 105 Å². The van der Waals surface area contributed by atoms with Crippen LogP contribution in [0, 0.1) is 0 Å². The fourth-order valence-corrected chi connectivity index (χ4v) is 4.09. The first-order chi connectivity index (χ1) is 13.8. The molecule has 9 heteroatoms. The summed E-state index contributed by atoms with van der Waals surface area (Å²) in [5, 5.41) is 5.96. The normalized spacial score (nSPS) is 16.7. The van der Waals surface area contributed by atoms with Gasteiger partial charge in [0.2, 0.25) is 15.9 Å². The van der Waals surface area contributed by atoms with Crippen molar-refractivity contribution in [1.29, 1.82) is 0 Å². The molecule has 1 N–H and O–H groups in total. The van der Waals surface area contributed by atoms with Gasteiger partial charge in [-0.3, -0.25) is 19.5 Å². The largest absolute Gasteiger partial charge is 0.283 e. The molecule has 0 fully saturated rings. The zero-order valence-corrected chi connectivity index (χ0v) is 16.7. The smallest absolute Gasteiger partial charge is 0.240 e. The first-order valence-electron chi connectivity index (χ1n) is 8.97. The molecule has 0 aliphatic carbocycles. The number of anilines is 1. The number of amides is 1. The Morgan fingerprint density at radius 1 is 1.10 bits per heavy atom. The molecule has 1 aromatic heterocycles. The van der Waals surface area contributed by atoms with Crippen molar-refractivity contribution in [3.63, 3.8) is 0 Å². The summed E-state index contributed by atoms with van der Waals surface area (Å²) in [4.78, 5) is 21.1. The molecule has 2 aromatic carbocycles. The molecule has 1 atom stereocenters. The van der Waals surface area contributed by atoms with Gasteiger partial charge in [-0.2, -0.15) is 5.10 Å². The number of fused-ring (bicyclic) bond motifs is 1. The second kappa shape index (κ2) is 7.25. The minimum Gasteiger partial charge on any atom is -0.283 e. The average molecular weight is 409 g/mol. The maximum Gasteiger partial charge on any atom is 0.240 e. The molecule has 0 saturated heterocycles. The van der Waals surface area contributed by atoms with Gasteiger partial charge in [0.15, 0.2) is 0 Å². The Labute approximate surface area is 168 Å². The van der Waals surface area contributed by atoms with Gasteiger partial charge in [-0.15, -0.1) is 0 Å². The van der Waals surface area contributed by atoms with Crippen LogP contribution in [0.3, 0.4) is 0 Å². The van der Waals surface area contributed by atoms with E-state index in [0.29, 0.717) is 28.9 Å². The summed E-state index contributed by atoms with van der Waals surface area (Å²) < 4.78 is 26.0. The summed E-state index contributed by atoms with van der Waals surface area (Å²) in [6.45, 7) is 1.46. The number of nitrogens with zero attached hydrogens (tertiary/aromatic N) is 4. The van der Waals surface area contributed by atoms with Gasteiger partial charge in [-0.1, -0.05) is 30.3 Å². The number of rotatable bonds is 4. The van der Waals surface area contributed by atoms with E-state index in [1.54, 1.807) is 36.7 Å². The van der Waals surface area contributed by atoms with Crippen LogP contribution in [0.25, 0.3) is 11.0 Å². The Kier molecular flexibility index (Phi) is 4.75. The third-order valence-corrected chi connectivity index (χ3v) is 5.25. The quantitative estimate of drug-likeness (QED) is 0.713. The van der Waals surface area contributed by atoms with Crippen LogP contribution in [0.5, 0.6) is 0 Å². The van der Waals surface area contributed by atoms with E-state index in [1.807, 2.05) is 18.2 Å². The molecule has 3 aromatic rings. The van der Waals surface area contributed by atoms with Crippen molar-refractivity contribution >= 4 is 38.4 Å². The summed E-state index contributed by atoms with van der Waals surface area (Å²) in [5.41, 5.74) is 3.98. The highest BCUT2D eigenvalue weighted by Crippen LogP contribution is 2.36. The molecule has 0 radical (unpaired) electrons. The molecule has 1 unspecified atom stereocenters. The molecule has 0 bridgehead atoms. The highest BCUT2D eigenvalue weighted by molar-refractivity contribution is 7.92. The predicted octanol–water partition coefficient (Wildman–Crippen LogP) is 2.70. The molecule has 29 heavy (non-hydrogen) atoms. The van der Waals surface area contributed by atoms with Crippen molar-refractivity contribution in [3.8, 4) is 0 Å². The Bertz CT molecular complexity index is 1230. The number of carbonyl (C=O) groups excluding carboxylic acids is 1. The second-order valence-corrected chi connectivity index (χ2v) is 8.57. The van der Waals surface area contributed by atoms with E-state index >= 15 is 0 Å². The fourth-order valence-electron chi connectivity index (χ4n) is 3.51. The highest BCUT2D eigenvalue weighted by Gasteiger charge is 2.33. The summed E-state index contributed by atoms with van der Waals surface area (Å²) in [5.74, 6) is -0.209. The van der Waals surface area contributed by atoms with Crippen LogP contribution < -0.4 is 4.72 Å². The third kappa shape index (κ3) is 3.81. The van der Waals surface area contributed by atoms with E-state index < -0.39 is 10.0 Å². The zero-order chi connectivity index (χ0) is 20.6. The highest BCUT2D eigenvalue weighted by atomic mass is 32.2. The summed E-state index contributed by atoms with van der Waals surface area (Å²) in [7, 11) is -3.46. The molecular formula is C20H19N5O3S. The standard InChI is InChI=1S/C20H19N5O3S/c1-13(26)25-19(15-7-5-9-17-20(15)22-11-10-21-17)12-18(23-25)14-6-3-4-8-16(14)24-29(2,27)28/h3-11,19,24H,12H2,1-2H3. The summed E-state index contributed by atoms with van der Waals surface area (Å²) in [6.07, 6.45) is 4.77. The molecule has 4 rings (SSSR count). The van der Waals surface area contributed by atoms with Gasteiger partial charge in [-0.25, -0.2) is 13.4 Å². The molecule has 0 spiro atoms. The van der Waals surface area contributed by atoms with Crippen molar-refractivity contribution < 1.29 is 13.2 Å². The number of benzene rings is 2. The Morgan fingerprint density at radius 3 is 2.62 bits per heavy atom. The lowest BCUT2D eigenvalue weighted by molar-refractivity contribution is -0.130. The van der Waals surface area contributed by atoms with Crippen molar-refractivity contribution in [1.82, 2.24) is 15.0 Å². The average Bonchev–Trinajstić information content (AvgIpc) is 3.12. The van der Waals surface area contributed by atoms with Gasteiger partial charge in [-0.05, 0) is 12.1 Å². The lowest BCUT2D eigenvalue weighted by Gasteiger charge is -2.21. The molecule has 1 amide bonds. The molecular weight excluding hydrogens is 390 g/mol. The monoisotopic (exact) mass is 409 g/mol. The number of aromatic nitrogens is 2. The van der Waals surface area contributed by atoms with Crippen LogP contribution >= 0.6 is 0 Å². The van der Waals surface area contributed by atoms with Crippen LogP contribution in [-0.2, 0) is 14.8 Å². The molecule has 0 saturated carbocycles. The van der Waals surface area contributed by atoms with Gasteiger partial charge >= 0.3 is 0 Å². The predicted molar refractivity (Wildman–Crippen MR) is 111 cm³/mol. The lowest BCUT2D eigenvalue weighted by Crippen LogP contribution is -2.24. The van der Waals surface area contributed by atoms with E-state index in [0.717, 1.165) is 17.3 Å². The number of nitrogens with one attached hydrogen (secondary N) is 1. The van der Waals surface area contributed by atoms with E-state index in [1.165, 1.54) is 11.9 Å². The molecule has 1 aliphatic heterocycles. The van der Waals surface area contributed by atoms with Crippen molar-refractivity contribution in [2.45, 2.75) is 19.4 Å². The lowest BCUT2D eigenvalue weighted by atomic mass is 9.96. The summed E-state index contributed by atoms with van der Waals surface area (Å²) >= 11 is 0. The Hall–Kier alpha value is -3.33. The molecule has 148 valence electrons. The van der Waals surface area contributed by atoms with Gasteiger partial charge in [0, 0.05) is 36.9 Å². The Balaban J connectivity index is 1.78. The van der Waals surface area contributed by atoms with Gasteiger partial charge in [0.25, 0.3) is 0 Å². The van der Waals surface area contributed by atoms with Gasteiger partial charge in [0.05, 0.1) is 34.7 Å². The number of hydrazone groups is 1. The van der Waals surface area contributed by atoms with E-state index in [-0.39, 0.29) is 11.9 Å². The third-order valence-electron chi connectivity index (χ3n) is 4.66. The van der Waals surface area contributed by atoms with Crippen molar-refractivity contribution in [3.05, 3.63) is 66.0 Å². The summed E-state index contributed by atoms with van der Waals surface area (Å²) in [6, 6.07) is 12.3. The number of sulfonamides is 1. The molecule has 1 aliphatic rings. The SMILES string of the molecule is CC(=O)N1N=C(c2ccccc2NS(C)(=O)=O)CC1c1cccc2nccnc12. The second-order valence-electron chi connectivity index (χ2n) is 6.82. The van der Waals surface area contributed by atoms with Crippen LogP contribution in [0.1, 0.15) is 30.5 Å². The first kappa shape index (κ1) is 19.0. The molecule has 2 heterocycles. The number of carbonyl (C=O) groups is 1. The van der Waals surface area contributed by atoms with Crippen LogP contribution in [0.2, 0.25) is 0 Å². The van der Waals surface area contributed by atoms with Crippen LogP contribution in [-0.4, -0.2) is 41.3 Å². The van der Waals surface area contributed by atoms with Crippen LogP contribution in [0.4, 0.5) is 5.69 Å². The minimum atomic E-state index is -3.46. The van der Waals surface area contributed by atoms with E-state index in [4.69, 9.17) is 0 Å². The Morgan fingerprint density at radius 2 is 1.86 bits per heavy atom. The van der Waals surface area contributed by atoms with Crippen molar-refractivity contribution in [2.24, 2.45) is 5.10 Å². The first-order valence-corrected chi connectivity index (χ1v) is 10.9. The fraction of sp³-hybridized carbons (Fsp3) is 0.200. The van der Waals surface area contributed by atoms with E-state index in [9.17, 15) is 13.2 Å². The van der Waals surface area contributed by atoms with Crippen LogP contribution in [0.15, 0.2) is 60.0 Å². The number of hydrogen-bond acceptors (Lipinski definition) is 6. The maximum atomic E-state index is 12.3. The maximum absolute atomic E-state index is 12.3. The zero-order valence-electron chi connectivity index (χ0n) is 15.9. The van der Waals surface area contributed by atoms with Gasteiger partial charge in [0.1, 0.15) is 0 Å².